The van der Waals surface area contributed by atoms with Crippen LogP contribution in [0.1, 0.15) is 34.5 Å². The van der Waals surface area contributed by atoms with Gasteiger partial charge in [-0.15, -0.1) is 0 Å². The number of piperidine rings is 1. The van der Waals surface area contributed by atoms with Gasteiger partial charge in [-0.25, -0.2) is 0 Å². The van der Waals surface area contributed by atoms with Crippen molar-refractivity contribution in [3.8, 4) is 0 Å². The van der Waals surface area contributed by atoms with Gasteiger partial charge in [-0.2, -0.15) is 0 Å². The highest BCUT2D eigenvalue weighted by molar-refractivity contribution is 5.93. The van der Waals surface area contributed by atoms with Gasteiger partial charge < -0.3 is 20.6 Å². The minimum Gasteiger partial charge on any atom is -0.390 e. The zero-order valence-electron chi connectivity index (χ0n) is 18.3. The van der Waals surface area contributed by atoms with Crippen molar-refractivity contribution in [2.24, 2.45) is 0 Å². The molecule has 166 valence electrons. The lowest BCUT2D eigenvalue weighted by Crippen LogP contribution is -2.42. The number of carbonyl (C=O) groups excluding carboxylic acids is 1. The number of anilines is 1. The number of fused-ring (bicyclic) bond motifs is 1. The van der Waals surface area contributed by atoms with Crippen LogP contribution in [0.3, 0.4) is 0 Å². The van der Waals surface area contributed by atoms with Gasteiger partial charge in [-0.05, 0) is 62.7 Å². The molecule has 0 saturated carbocycles. The van der Waals surface area contributed by atoms with Crippen molar-refractivity contribution in [2.75, 3.05) is 45.1 Å². The summed E-state index contributed by atoms with van der Waals surface area (Å²) in [5.41, 5.74) is 4.00. The molecule has 0 radical (unpaired) electrons. The van der Waals surface area contributed by atoms with Crippen molar-refractivity contribution < 1.29 is 9.90 Å². The average molecular weight is 424 g/mol. The van der Waals surface area contributed by atoms with E-state index >= 15 is 0 Å². The van der Waals surface area contributed by atoms with Crippen LogP contribution in [-0.4, -0.2) is 77.7 Å². The summed E-state index contributed by atoms with van der Waals surface area (Å²) in [7, 11) is 2.14. The van der Waals surface area contributed by atoms with E-state index in [2.05, 4.69) is 56.7 Å². The first kappa shape index (κ1) is 21.7. The van der Waals surface area contributed by atoms with Crippen LogP contribution in [0.5, 0.6) is 0 Å². The molecule has 31 heavy (non-hydrogen) atoms. The van der Waals surface area contributed by atoms with Crippen LogP contribution in [-0.2, 0) is 13.0 Å². The standard InChI is InChI=1S/C24H33N5O2/c1-28-11-8-20(9-12-28)27-21-6-10-25-23(14-21)24(31)26-15-22(30)17-29-13-7-18-4-2-3-5-19(18)16-29/h2-6,10,14,20,22,30H,7-9,11-13,15-17H2,1H3,(H,25,27)(H,26,31)/t22-/m0/s1. The zero-order chi connectivity index (χ0) is 21.6. The van der Waals surface area contributed by atoms with Gasteiger partial charge >= 0.3 is 0 Å². The number of benzene rings is 1. The number of likely N-dealkylation sites (tertiary alicyclic amines) is 1. The minimum atomic E-state index is -0.616. The average Bonchev–Trinajstić information content (AvgIpc) is 2.79. The molecule has 3 heterocycles. The van der Waals surface area contributed by atoms with Crippen LogP contribution in [0.15, 0.2) is 42.6 Å². The van der Waals surface area contributed by atoms with Crippen molar-refractivity contribution >= 4 is 11.6 Å². The van der Waals surface area contributed by atoms with E-state index in [0.29, 0.717) is 18.3 Å². The van der Waals surface area contributed by atoms with Gasteiger partial charge in [-0.1, -0.05) is 24.3 Å². The summed E-state index contributed by atoms with van der Waals surface area (Å²) in [6, 6.07) is 12.6. The minimum absolute atomic E-state index is 0.214. The van der Waals surface area contributed by atoms with Crippen molar-refractivity contribution in [1.29, 1.82) is 0 Å². The van der Waals surface area contributed by atoms with E-state index in [-0.39, 0.29) is 12.5 Å². The largest absolute Gasteiger partial charge is 0.390 e. The summed E-state index contributed by atoms with van der Waals surface area (Å²) < 4.78 is 0. The second-order valence-electron chi connectivity index (χ2n) is 8.77. The fraction of sp³-hybridized carbons (Fsp3) is 0.500. The molecule has 7 heteroatoms. The van der Waals surface area contributed by atoms with Crippen LogP contribution in [0.4, 0.5) is 5.69 Å². The summed E-state index contributed by atoms with van der Waals surface area (Å²) in [4.78, 5) is 21.3. The Morgan fingerprint density at radius 3 is 2.77 bits per heavy atom. The first-order valence-electron chi connectivity index (χ1n) is 11.2. The van der Waals surface area contributed by atoms with Gasteiger partial charge in [0.15, 0.2) is 0 Å². The number of hydrogen-bond acceptors (Lipinski definition) is 6. The number of nitrogens with one attached hydrogen (secondary N) is 2. The Balaban J connectivity index is 1.24. The van der Waals surface area contributed by atoms with Crippen LogP contribution in [0.2, 0.25) is 0 Å². The third-order valence-corrected chi connectivity index (χ3v) is 6.26. The van der Waals surface area contributed by atoms with Crippen molar-refractivity contribution in [3.63, 3.8) is 0 Å². The predicted octanol–water partition coefficient (Wildman–Crippen LogP) is 1.74. The third-order valence-electron chi connectivity index (χ3n) is 6.26. The first-order valence-corrected chi connectivity index (χ1v) is 11.2. The van der Waals surface area contributed by atoms with E-state index in [9.17, 15) is 9.90 Å². The van der Waals surface area contributed by atoms with Gasteiger partial charge in [0.1, 0.15) is 5.69 Å². The van der Waals surface area contributed by atoms with E-state index in [1.54, 1.807) is 12.3 Å². The third kappa shape index (κ3) is 6.03. The molecule has 2 aliphatic rings. The van der Waals surface area contributed by atoms with Gasteiger partial charge in [0.25, 0.3) is 5.91 Å². The van der Waals surface area contributed by atoms with Crippen molar-refractivity contribution in [1.82, 2.24) is 20.1 Å². The molecule has 7 nitrogen and oxygen atoms in total. The molecule has 1 fully saturated rings. The van der Waals surface area contributed by atoms with Crippen LogP contribution in [0.25, 0.3) is 0 Å². The summed E-state index contributed by atoms with van der Waals surface area (Å²) >= 11 is 0. The highest BCUT2D eigenvalue weighted by Crippen LogP contribution is 2.19. The van der Waals surface area contributed by atoms with Crippen LogP contribution in [0, 0.1) is 0 Å². The molecule has 0 spiro atoms. The highest BCUT2D eigenvalue weighted by atomic mass is 16.3. The fourth-order valence-corrected chi connectivity index (χ4v) is 4.41. The van der Waals surface area contributed by atoms with Crippen LogP contribution >= 0.6 is 0 Å². The molecular formula is C24H33N5O2. The zero-order valence-corrected chi connectivity index (χ0v) is 18.3. The Labute approximate surface area is 184 Å². The van der Waals surface area contributed by atoms with Crippen molar-refractivity contribution in [2.45, 2.75) is 38.0 Å². The maximum atomic E-state index is 12.6. The lowest BCUT2D eigenvalue weighted by molar-refractivity contribution is 0.0838. The first-order chi connectivity index (χ1) is 15.1. The van der Waals surface area contributed by atoms with Gasteiger partial charge in [0.05, 0.1) is 6.10 Å². The maximum Gasteiger partial charge on any atom is 0.270 e. The summed E-state index contributed by atoms with van der Waals surface area (Å²) in [5.74, 6) is -0.255. The predicted molar refractivity (Wildman–Crippen MR) is 122 cm³/mol. The van der Waals surface area contributed by atoms with E-state index < -0.39 is 6.10 Å². The maximum absolute atomic E-state index is 12.6. The number of pyridine rings is 1. The second-order valence-corrected chi connectivity index (χ2v) is 8.77. The molecule has 2 aromatic rings. The lowest BCUT2D eigenvalue weighted by Gasteiger charge is -2.30. The van der Waals surface area contributed by atoms with E-state index in [1.807, 2.05) is 6.07 Å². The fourth-order valence-electron chi connectivity index (χ4n) is 4.41. The molecule has 1 amide bonds. The van der Waals surface area contributed by atoms with Crippen LogP contribution < -0.4 is 10.6 Å². The molecular weight excluding hydrogens is 390 g/mol. The number of hydrogen-bond donors (Lipinski definition) is 3. The number of aromatic nitrogens is 1. The molecule has 4 rings (SSSR count). The number of amides is 1. The quantitative estimate of drug-likeness (QED) is 0.630. The number of aliphatic hydroxyl groups excluding tert-OH is 1. The Bertz CT molecular complexity index is 882. The Morgan fingerprint density at radius 2 is 1.97 bits per heavy atom. The molecule has 1 saturated heterocycles. The van der Waals surface area contributed by atoms with E-state index in [4.69, 9.17) is 0 Å². The topological polar surface area (TPSA) is 80.7 Å². The summed E-state index contributed by atoms with van der Waals surface area (Å²) in [5, 5.41) is 16.8. The Hall–Kier alpha value is -2.48. The van der Waals surface area contributed by atoms with Gasteiger partial charge in [0.2, 0.25) is 0 Å². The number of β-amino-alcohol motifs (C(OH)–C–C–N with tert-alkyl or cyclic N) is 1. The van der Waals surface area contributed by atoms with E-state index in [1.165, 1.54) is 11.1 Å². The summed E-state index contributed by atoms with van der Waals surface area (Å²) in [6.45, 7) is 4.68. The number of carbonyl (C=O) groups is 1. The molecule has 0 aliphatic carbocycles. The Morgan fingerprint density at radius 1 is 1.19 bits per heavy atom. The SMILES string of the molecule is CN1CCC(Nc2ccnc(C(=O)NC[C@H](O)CN3CCc4ccccc4C3)c2)CC1. The molecule has 2 aliphatic heterocycles. The smallest absolute Gasteiger partial charge is 0.270 e. The molecule has 0 bridgehead atoms. The Kier molecular flexibility index (Phi) is 7.17. The van der Waals surface area contributed by atoms with Gasteiger partial charge in [0, 0.05) is 44.1 Å². The van der Waals surface area contributed by atoms with E-state index in [0.717, 1.165) is 51.1 Å². The highest BCUT2D eigenvalue weighted by Gasteiger charge is 2.20. The normalized spacial score (nSPS) is 18.9. The number of rotatable bonds is 7. The molecule has 3 N–H and O–H groups in total. The molecule has 1 aromatic carbocycles. The number of aliphatic hydroxyl groups is 1. The van der Waals surface area contributed by atoms with Gasteiger partial charge in [-0.3, -0.25) is 14.7 Å². The molecule has 1 aromatic heterocycles. The molecule has 0 unspecified atom stereocenters. The monoisotopic (exact) mass is 423 g/mol. The lowest BCUT2D eigenvalue weighted by atomic mass is 10.00. The second kappa shape index (κ2) is 10.2. The molecule has 1 atom stereocenters. The summed E-state index contributed by atoms with van der Waals surface area (Å²) in [6.07, 6.45) is 4.22. The number of nitrogens with zero attached hydrogens (tertiary/aromatic N) is 3. The van der Waals surface area contributed by atoms with Crippen molar-refractivity contribution in [3.05, 3.63) is 59.4 Å².